The number of carbonyl (C=O) groups excluding carboxylic acids is 2. The van der Waals surface area contributed by atoms with Crippen molar-refractivity contribution in [3.8, 4) is 11.3 Å². The smallest absolute Gasteiger partial charge is 0.252 e. The Morgan fingerprint density at radius 3 is 2.68 bits per heavy atom. The molecule has 140 valence electrons. The highest BCUT2D eigenvalue weighted by Crippen LogP contribution is 2.27. The number of benzene rings is 2. The van der Waals surface area contributed by atoms with E-state index in [0.717, 1.165) is 16.6 Å². The van der Waals surface area contributed by atoms with E-state index in [9.17, 15) is 9.59 Å². The molecule has 2 aromatic heterocycles. The standard InChI is InChI=1S/C21H17N3O2S2/c25-19(7-9-22-20(26)17-8-10-27-12-17)24-21-23-18(13-28-21)16-6-5-14-3-1-2-4-15(14)11-16/h1-6,8,10-13H,7,9H2,(H,22,26)(H,23,24,25). The SMILES string of the molecule is O=C(CCNC(=O)c1ccsc1)Nc1nc(-c2ccc3ccccc3c2)cs1. The quantitative estimate of drug-likeness (QED) is 0.483. The van der Waals surface area contributed by atoms with Gasteiger partial charge in [0.2, 0.25) is 5.91 Å². The monoisotopic (exact) mass is 407 g/mol. The Morgan fingerprint density at radius 1 is 1.00 bits per heavy atom. The number of hydrogen-bond acceptors (Lipinski definition) is 5. The van der Waals surface area contributed by atoms with Crippen LogP contribution in [0.2, 0.25) is 0 Å². The summed E-state index contributed by atoms with van der Waals surface area (Å²) in [6, 6.07) is 16.1. The summed E-state index contributed by atoms with van der Waals surface area (Å²) < 4.78 is 0. The largest absolute Gasteiger partial charge is 0.351 e. The van der Waals surface area contributed by atoms with E-state index >= 15 is 0 Å². The molecular weight excluding hydrogens is 390 g/mol. The molecule has 0 unspecified atom stereocenters. The van der Waals surface area contributed by atoms with Crippen molar-refractivity contribution in [2.75, 3.05) is 11.9 Å². The van der Waals surface area contributed by atoms with Crippen molar-refractivity contribution in [2.24, 2.45) is 0 Å². The molecule has 0 aliphatic heterocycles. The van der Waals surface area contributed by atoms with Crippen molar-refractivity contribution >= 4 is 50.4 Å². The van der Waals surface area contributed by atoms with Crippen LogP contribution in [0.4, 0.5) is 5.13 Å². The molecule has 2 amide bonds. The van der Waals surface area contributed by atoms with Crippen LogP contribution in [-0.2, 0) is 4.79 Å². The Bertz CT molecular complexity index is 1120. The van der Waals surface area contributed by atoms with Crippen LogP contribution in [0, 0.1) is 0 Å². The van der Waals surface area contributed by atoms with E-state index in [2.05, 4.69) is 39.9 Å². The molecule has 0 saturated carbocycles. The minimum atomic E-state index is -0.176. The fraction of sp³-hybridized carbons (Fsp3) is 0.0952. The minimum Gasteiger partial charge on any atom is -0.351 e. The lowest BCUT2D eigenvalue weighted by Gasteiger charge is -2.04. The van der Waals surface area contributed by atoms with Gasteiger partial charge in [-0.25, -0.2) is 4.98 Å². The van der Waals surface area contributed by atoms with E-state index in [-0.39, 0.29) is 24.8 Å². The zero-order valence-corrected chi connectivity index (χ0v) is 16.5. The lowest BCUT2D eigenvalue weighted by atomic mass is 10.1. The van der Waals surface area contributed by atoms with Crippen LogP contribution in [0.25, 0.3) is 22.0 Å². The zero-order valence-electron chi connectivity index (χ0n) is 14.8. The molecule has 0 radical (unpaired) electrons. The molecule has 7 heteroatoms. The summed E-state index contributed by atoms with van der Waals surface area (Å²) in [4.78, 5) is 28.5. The first-order valence-corrected chi connectivity index (χ1v) is 10.6. The number of nitrogens with one attached hydrogen (secondary N) is 2. The topological polar surface area (TPSA) is 71.1 Å². The summed E-state index contributed by atoms with van der Waals surface area (Å²) in [5.41, 5.74) is 2.46. The Labute approximate surface area is 170 Å². The van der Waals surface area contributed by atoms with E-state index in [4.69, 9.17) is 0 Å². The lowest BCUT2D eigenvalue weighted by molar-refractivity contribution is -0.116. The van der Waals surface area contributed by atoms with Crippen LogP contribution in [-0.4, -0.2) is 23.3 Å². The number of thiophene rings is 1. The van der Waals surface area contributed by atoms with Gasteiger partial charge in [0.1, 0.15) is 0 Å². The predicted molar refractivity (Wildman–Crippen MR) is 115 cm³/mol. The maximum Gasteiger partial charge on any atom is 0.252 e. The Kier molecular flexibility index (Phi) is 5.45. The number of hydrogen-bond donors (Lipinski definition) is 2. The van der Waals surface area contributed by atoms with Crippen LogP contribution >= 0.6 is 22.7 Å². The summed E-state index contributed by atoms with van der Waals surface area (Å²) in [6.45, 7) is 0.281. The lowest BCUT2D eigenvalue weighted by Crippen LogP contribution is -2.27. The second-order valence-electron chi connectivity index (χ2n) is 6.17. The highest BCUT2D eigenvalue weighted by atomic mass is 32.1. The summed E-state index contributed by atoms with van der Waals surface area (Å²) in [5, 5.41) is 14.0. The molecule has 0 aliphatic carbocycles. The Hall–Kier alpha value is -3.03. The third kappa shape index (κ3) is 4.27. The third-order valence-electron chi connectivity index (χ3n) is 4.22. The van der Waals surface area contributed by atoms with Gasteiger partial charge in [-0.3, -0.25) is 9.59 Å². The summed E-state index contributed by atoms with van der Waals surface area (Å²) in [6.07, 6.45) is 0.195. The van der Waals surface area contributed by atoms with Crippen molar-refractivity contribution in [1.82, 2.24) is 10.3 Å². The van der Waals surface area contributed by atoms with Crippen molar-refractivity contribution in [3.05, 3.63) is 70.2 Å². The minimum absolute atomic E-state index is 0.165. The number of anilines is 1. The molecular formula is C21H17N3O2S2. The fourth-order valence-corrected chi connectivity index (χ4v) is 4.15. The molecule has 0 fully saturated rings. The first-order chi connectivity index (χ1) is 13.7. The van der Waals surface area contributed by atoms with E-state index in [1.165, 1.54) is 28.1 Å². The van der Waals surface area contributed by atoms with Crippen molar-refractivity contribution in [2.45, 2.75) is 6.42 Å². The number of amides is 2. The van der Waals surface area contributed by atoms with Crippen molar-refractivity contribution in [3.63, 3.8) is 0 Å². The van der Waals surface area contributed by atoms with Gasteiger partial charge in [-0.15, -0.1) is 11.3 Å². The van der Waals surface area contributed by atoms with Crippen LogP contribution in [0.5, 0.6) is 0 Å². The highest BCUT2D eigenvalue weighted by Gasteiger charge is 2.10. The normalized spacial score (nSPS) is 10.7. The van der Waals surface area contributed by atoms with E-state index < -0.39 is 0 Å². The van der Waals surface area contributed by atoms with Crippen LogP contribution in [0.15, 0.2) is 64.7 Å². The zero-order chi connectivity index (χ0) is 19.3. The maximum atomic E-state index is 12.1. The van der Waals surface area contributed by atoms with Gasteiger partial charge in [0.05, 0.1) is 5.69 Å². The van der Waals surface area contributed by atoms with Gasteiger partial charge in [0.15, 0.2) is 5.13 Å². The maximum absolute atomic E-state index is 12.1. The fourth-order valence-electron chi connectivity index (χ4n) is 2.78. The average Bonchev–Trinajstić information content (AvgIpc) is 3.40. The van der Waals surface area contributed by atoms with Gasteiger partial charge in [-0.2, -0.15) is 11.3 Å². The summed E-state index contributed by atoms with van der Waals surface area (Å²) in [5.74, 6) is -0.341. The molecule has 4 rings (SSSR count). The van der Waals surface area contributed by atoms with Gasteiger partial charge in [0.25, 0.3) is 5.91 Å². The van der Waals surface area contributed by atoms with Crippen molar-refractivity contribution in [1.29, 1.82) is 0 Å². The molecule has 0 spiro atoms. The molecule has 0 saturated heterocycles. The second-order valence-corrected chi connectivity index (χ2v) is 7.80. The van der Waals surface area contributed by atoms with Crippen LogP contribution < -0.4 is 10.6 Å². The Morgan fingerprint density at radius 2 is 1.86 bits per heavy atom. The molecule has 0 aliphatic rings. The van der Waals surface area contributed by atoms with E-state index in [1.54, 1.807) is 11.4 Å². The highest BCUT2D eigenvalue weighted by molar-refractivity contribution is 7.14. The Balaban J connectivity index is 1.33. The summed E-state index contributed by atoms with van der Waals surface area (Å²) in [7, 11) is 0. The van der Waals surface area contributed by atoms with Gasteiger partial charge < -0.3 is 10.6 Å². The van der Waals surface area contributed by atoms with Crippen molar-refractivity contribution < 1.29 is 9.59 Å². The molecule has 2 heterocycles. The molecule has 0 atom stereocenters. The summed E-state index contributed by atoms with van der Waals surface area (Å²) >= 11 is 2.85. The van der Waals surface area contributed by atoms with Gasteiger partial charge in [-0.1, -0.05) is 36.4 Å². The third-order valence-corrected chi connectivity index (χ3v) is 5.66. The second kappa shape index (κ2) is 8.33. The number of rotatable bonds is 6. The molecule has 28 heavy (non-hydrogen) atoms. The first-order valence-electron chi connectivity index (χ1n) is 8.74. The van der Waals surface area contributed by atoms with Crippen LogP contribution in [0.3, 0.4) is 0 Å². The molecule has 2 aromatic carbocycles. The molecule has 4 aromatic rings. The number of thiazole rings is 1. The molecule has 0 bridgehead atoms. The average molecular weight is 408 g/mol. The molecule has 2 N–H and O–H groups in total. The molecule has 5 nitrogen and oxygen atoms in total. The van der Waals surface area contributed by atoms with E-state index in [0.29, 0.717) is 10.7 Å². The van der Waals surface area contributed by atoms with E-state index in [1.807, 2.05) is 29.0 Å². The number of aromatic nitrogens is 1. The number of fused-ring (bicyclic) bond motifs is 1. The van der Waals surface area contributed by atoms with Gasteiger partial charge >= 0.3 is 0 Å². The number of carbonyl (C=O) groups is 2. The first kappa shape index (κ1) is 18.3. The predicted octanol–water partition coefficient (Wildman–Crippen LogP) is 4.78. The van der Waals surface area contributed by atoms with Gasteiger partial charge in [0, 0.05) is 34.9 Å². The van der Waals surface area contributed by atoms with Gasteiger partial charge in [-0.05, 0) is 28.3 Å². The number of nitrogens with zero attached hydrogens (tertiary/aromatic N) is 1. The van der Waals surface area contributed by atoms with Crippen LogP contribution in [0.1, 0.15) is 16.8 Å².